The molecule has 0 radical (unpaired) electrons. The van der Waals surface area contributed by atoms with Gasteiger partial charge in [0.05, 0.1) is 0 Å². The van der Waals surface area contributed by atoms with Crippen molar-refractivity contribution in [3.05, 3.63) is 42.2 Å². The van der Waals surface area contributed by atoms with Gasteiger partial charge in [0.25, 0.3) is 0 Å². The summed E-state index contributed by atoms with van der Waals surface area (Å²) in [5, 5.41) is 2.51. The lowest BCUT2D eigenvalue weighted by Crippen LogP contribution is -2.20. The molecule has 0 atom stereocenters. The van der Waals surface area contributed by atoms with Crippen LogP contribution in [0.15, 0.2) is 30.9 Å². The van der Waals surface area contributed by atoms with Crippen LogP contribution in [-0.2, 0) is 11.3 Å². The van der Waals surface area contributed by atoms with Gasteiger partial charge in [-0.2, -0.15) is 0 Å². The van der Waals surface area contributed by atoms with E-state index in [1.807, 2.05) is 0 Å². The van der Waals surface area contributed by atoms with Crippen molar-refractivity contribution in [3.63, 3.8) is 0 Å². The first-order chi connectivity index (χ1) is 6.63. The molecule has 0 saturated carbocycles. The number of halogens is 1. The van der Waals surface area contributed by atoms with Crippen molar-refractivity contribution in [2.45, 2.75) is 6.54 Å². The summed E-state index contributed by atoms with van der Waals surface area (Å²) in [6.07, 6.45) is 1.15. The standard InChI is InChI=1S/C10H11FN2O/c1-2-10(14)13-6-7-5-8(11)3-4-9(7)12/h2-5H,1,6,12H2,(H,13,14). The molecule has 0 spiro atoms. The summed E-state index contributed by atoms with van der Waals surface area (Å²) in [4.78, 5) is 10.8. The fraction of sp³-hybridized carbons (Fsp3) is 0.100. The number of rotatable bonds is 3. The van der Waals surface area contributed by atoms with E-state index >= 15 is 0 Å². The van der Waals surface area contributed by atoms with Gasteiger partial charge in [-0.15, -0.1) is 0 Å². The van der Waals surface area contributed by atoms with E-state index in [4.69, 9.17) is 5.73 Å². The third-order valence-electron chi connectivity index (χ3n) is 1.74. The molecule has 0 aliphatic carbocycles. The zero-order valence-corrected chi connectivity index (χ0v) is 7.59. The van der Waals surface area contributed by atoms with Crippen LogP contribution in [0.3, 0.4) is 0 Å². The fourth-order valence-electron chi connectivity index (χ4n) is 0.982. The Kier molecular flexibility index (Phi) is 3.23. The number of hydrogen-bond acceptors (Lipinski definition) is 2. The number of nitrogens with two attached hydrogens (primary N) is 1. The van der Waals surface area contributed by atoms with Crippen molar-refractivity contribution in [1.29, 1.82) is 0 Å². The van der Waals surface area contributed by atoms with E-state index in [0.717, 1.165) is 6.08 Å². The molecule has 4 heteroatoms. The predicted molar refractivity (Wildman–Crippen MR) is 52.9 cm³/mol. The topological polar surface area (TPSA) is 55.1 Å². The summed E-state index contributed by atoms with van der Waals surface area (Å²) >= 11 is 0. The summed E-state index contributed by atoms with van der Waals surface area (Å²) in [6.45, 7) is 3.50. The van der Waals surface area contributed by atoms with Gasteiger partial charge in [-0.3, -0.25) is 4.79 Å². The molecule has 0 fully saturated rings. The fourth-order valence-corrected chi connectivity index (χ4v) is 0.982. The van der Waals surface area contributed by atoms with E-state index in [-0.39, 0.29) is 18.3 Å². The molecule has 74 valence electrons. The number of benzene rings is 1. The average Bonchev–Trinajstić information content (AvgIpc) is 2.19. The first kappa shape index (κ1) is 10.2. The first-order valence-corrected chi connectivity index (χ1v) is 4.07. The molecule has 0 aliphatic rings. The van der Waals surface area contributed by atoms with Crippen molar-refractivity contribution in [2.75, 3.05) is 5.73 Å². The molecule has 1 aromatic carbocycles. The van der Waals surface area contributed by atoms with E-state index < -0.39 is 0 Å². The number of amides is 1. The van der Waals surface area contributed by atoms with E-state index in [9.17, 15) is 9.18 Å². The maximum atomic E-state index is 12.8. The van der Waals surface area contributed by atoms with Crippen LogP contribution < -0.4 is 11.1 Å². The van der Waals surface area contributed by atoms with Crippen LogP contribution in [0.2, 0.25) is 0 Å². The second kappa shape index (κ2) is 4.41. The number of carbonyl (C=O) groups is 1. The summed E-state index contributed by atoms with van der Waals surface area (Å²) in [5.41, 5.74) is 6.58. The molecule has 14 heavy (non-hydrogen) atoms. The van der Waals surface area contributed by atoms with Crippen molar-refractivity contribution in [2.24, 2.45) is 0 Å². The van der Waals surface area contributed by atoms with Crippen LogP contribution in [-0.4, -0.2) is 5.91 Å². The van der Waals surface area contributed by atoms with Gasteiger partial charge in [0, 0.05) is 12.2 Å². The molecule has 1 aromatic rings. The quantitative estimate of drug-likeness (QED) is 0.561. The molecule has 0 heterocycles. The van der Waals surface area contributed by atoms with Gasteiger partial charge in [-0.05, 0) is 29.8 Å². The van der Waals surface area contributed by atoms with Gasteiger partial charge < -0.3 is 11.1 Å². The van der Waals surface area contributed by atoms with Gasteiger partial charge in [0.2, 0.25) is 5.91 Å². The molecule has 0 bridgehead atoms. The lowest BCUT2D eigenvalue weighted by atomic mass is 10.2. The van der Waals surface area contributed by atoms with E-state index in [2.05, 4.69) is 11.9 Å². The Labute approximate surface area is 81.4 Å². The highest BCUT2D eigenvalue weighted by Crippen LogP contribution is 2.12. The lowest BCUT2D eigenvalue weighted by molar-refractivity contribution is -0.116. The van der Waals surface area contributed by atoms with E-state index in [0.29, 0.717) is 11.3 Å². The van der Waals surface area contributed by atoms with Gasteiger partial charge >= 0.3 is 0 Å². The van der Waals surface area contributed by atoms with Gasteiger partial charge in [0.15, 0.2) is 0 Å². The number of carbonyl (C=O) groups excluding carboxylic acids is 1. The van der Waals surface area contributed by atoms with E-state index in [1.54, 1.807) is 0 Å². The van der Waals surface area contributed by atoms with Crippen molar-refractivity contribution in [3.8, 4) is 0 Å². The Hall–Kier alpha value is -1.84. The molecule has 3 nitrogen and oxygen atoms in total. The Morgan fingerprint density at radius 1 is 1.64 bits per heavy atom. The molecule has 0 unspecified atom stereocenters. The minimum atomic E-state index is -0.373. The molecule has 0 aromatic heterocycles. The smallest absolute Gasteiger partial charge is 0.243 e. The predicted octanol–water partition coefficient (Wildman–Crippen LogP) is 1.21. The van der Waals surface area contributed by atoms with Crippen LogP contribution >= 0.6 is 0 Å². The normalized spacial score (nSPS) is 9.50. The summed E-state index contributed by atoms with van der Waals surface area (Å²) in [6, 6.07) is 4.03. The second-order valence-electron chi connectivity index (χ2n) is 2.77. The van der Waals surface area contributed by atoms with Crippen LogP contribution in [0, 0.1) is 5.82 Å². The summed E-state index contributed by atoms with van der Waals surface area (Å²) < 4.78 is 12.8. The van der Waals surface area contributed by atoms with Crippen molar-refractivity contribution >= 4 is 11.6 Å². The van der Waals surface area contributed by atoms with Crippen LogP contribution in [0.4, 0.5) is 10.1 Å². The first-order valence-electron chi connectivity index (χ1n) is 4.07. The molecular formula is C10H11FN2O. The Morgan fingerprint density at radius 3 is 3.00 bits per heavy atom. The molecule has 3 N–H and O–H groups in total. The Morgan fingerprint density at radius 2 is 2.36 bits per heavy atom. The van der Waals surface area contributed by atoms with Gasteiger partial charge in [0.1, 0.15) is 5.82 Å². The largest absolute Gasteiger partial charge is 0.398 e. The molecular weight excluding hydrogens is 183 g/mol. The van der Waals surface area contributed by atoms with Gasteiger partial charge in [-0.1, -0.05) is 6.58 Å². The minimum absolute atomic E-state index is 0.203. The highest BCUT2D eigenvalue weighted by molar-refractivity contribution is 5.86. The maximum Gasteiger partial charge on any atom is 0.243 e. The zero-order chi connectivity index (χ0) is 10.6. The van der Waals surface area contributed by atoms with Crippen LogP contribution in [0.25, 0.3) is 0 Å². The second-order valence-corrected chi connectivity index (χ2v) is 2.77. The third kappa shape index (κ3) is 2.58. The van der Waals surface area contributed by atoms with Crippen molar-refractivity contribution in [1.82, 2.24) is 5.32 Å². The van der Waals surface area contributed by atoms with Crippen LogP contribution in [0.5, 0.6) is 0 Å². The van der Waals surface area contributed by atoms with Crippen LogP contribution in [0.1, 0.15) is 5.56 Å². The molecule has 1 amide bonds. The summed E-state index contributed by atoms with van der Waals surface area (Å²) in [7, 11) is 0. The van der Waals surface area contributed by atoms with E-state index in [1.165, 1.54) is 18.2 Å². The third-order valence-corrected chi connectivity index (χ3v) is 1.74. The number of nitrogen functional groups attached to an aromatic ring is 1. The average molecular weight is 194 g/mol. The Bertz CT molecular complexity index is 363. The number of hydrogen-bond donors (Lipinski definition) is 2. The number of nitrogens with one attached hydrogen (secondary N) is 1. The minimum Gasteiger partial charge on any atom is -0.398 e. The van der Waals surface area contributed by atoms with Gasteiger partial charge in [-0.25, -0.2) is 4.39 Å². The highest BCUT2D eigenvalue weighted by Gasteiger charge is 2.01. The Balaban J connectivity index is 2.71. The number of anilines is 1. The molecule has 0 saturated heterocycles. The zero-order valence-electron chi connectivity index (χ0n) is 7.59. The molecule has 1 rings (SSSR count). The summed E-state index contributed by atoms with van der Waals surface area (Å²) in [5.74, 6) is -0.685. The van der Waals surface area contributed by atoms with Crippen molar-refractivity contribution < 1.29 is 9.18 Å². The lowest BCUT2D eigenvalue weighted by Gasteiger charge is -2.05. The highest BCUT2D eigenvalue weighted by atomic mass is 19.1. The maximum absolute atomic E-state index is 12.8. The monoisotopic (exact) mass is 194 g/mol. The SMILES string of the molecule is C=CC(=O)NCc1cc(F)ccc1N. The molecule has 0 aliphatic heterocycles.